The second kappa shape index (κ2) is 5.82. The molecule has 1 aromatic carbocycles. The van der Waals surface area contributed by atoms with Gasteiger partial charge in [-0.3, -0.25) is 0 Å². The van der Waals surface area contributed by atoms with E-state index in [0.717, 1.165) is 27.0 Å². The van der Waals surface area contributed by atoms with Gasteiger partial charge in [0, 0.05) is 17.9 Å². The van der Waals surface area contributed by atoms with E-state index < -0.39 is 0 Å². The van der Waals surface area contributed by atoms with Gasteiger partial charge in [0.2, 0.25) is 0 Å². The minimum Gasteiger partial charge on any atom is -0.326 e. The van der Waals surface area contributed by atoms with E-state index in [1.165, 1.54) is 11.5 Å². The third kappa shape index (κ3) is 3.19. The number of aryl methyl sites for hydroxylation is 1. The van der Waals surface area contributed by atoms with Gasteiger partial charge in [0.15, 0.2) is 4.34 Å². The van der Waals surface area contributed by atoms with Gasteiger partial charge in [0.25, 0.3) is 0 Å². The second-order valence-corrected chi connectivity index (χ2v) is 5.85. The van der Waals surface area contributed by atoms with E-state index in [-0.39, 0.29) is 0 Å². The van der Waals surface area contributed by atoms with Gasteiger partial charge in [0.1, 0.15) is 5.82 Å². The molecule has 0 bridgehead atoms. The number of aromatic nitrogens is 2. The SMILES string of the molecule is CCc1nsc(Sc2ccc(CN)cc2Cl)n1. The van der Waals surface area contributed by atoms with Crippen LogP contribution in [-0.4, -0.2) is 9.36 Å². The van der Waals surface area contributed by atoms with Crippen molar-refractivity contribution < 1.29 is 0 Å². The van der Waals surface area contributed by atoms with Crippen LogP contribution in [0.5, 0.6) is 0 Å². The number of nitrogens with two attached hydrogens (primary N) is 1. The summed E-state index contributed by atoms with van der Waals surface area (Å²) in [6, 6.07) is 5.85. The maximum atomic E-state index is 6.18. The van der Waals surface area contributed by atoms with E-state index in [4.69, 9.17) is 17.3 Å². The first-order valence-electron chi connectivity index (χ1n) is 5.22. The molecule has 3 nitrogen and oxygen atoms in total. The smallest absolute Gasteiger partial charge is 0.174 e. The predicted octanol–water partition coefficient (Wildman–Crippen LogP) is 3.36. The lowest BCUT2D eigenvalue weighted by Crippen LogP contribution is -1.95. The molecule has 1 heterocycles. The largest absolute Gasteiger partial charge is 0.326 e. The number of rotatable bonds is 4. The van der Waals surface area contributed by atoms with Crippen molar-refractivity contribution in [3.8, 4) is 0 Å². The monoisotopic (exact) mass is 285 g/mol. The van der Waals surface area contributed by atoms with Crippen molar-refractivity contribution >= 4 is 34.9 Å². The van der Waals surface area contributed by atoms with Crippen LogP contribution in [0, 0.1) is 0 Å². The van der Waals surface area contributed by atoms with E-state index >= 15 is 0 Å². The molecular formula is C11H12ClN3S2. The summed E-state index contributed by atoms with van der Waals surface area (Å²) in [6.45, 7) is 2.54. The van der Waals surface area contributed by atoms with E-state index in [1.807, 2.05) is 25.1 Å². The fourth-order valence-electron chi connectivity index (χ4n) is 1.27. The first-order valence-corrected chi connectivity index (χ1v) is 7.18. The summed E-state index contributed by atoms with van der Waals surface area (Å²) < 4.78 is 5.16. The lowest BCUT2D eigenvalue weighted by molar-refractivity contribution is 0.971. The first-order chi connectivity index (χ1) is 8.22. The Balaban J connectivity index is 2.18. The molecular weight excluding hydrogens is 274 g/mol. The van der Waals surface area contributed by atoms with Gasteiger partial charge >= 0.3 is 0 Å². The molecule has 17 heavy (non-hydrogen) atoms. The molecule has 0 aliphatic heterocycles. The van der Waals surface area contributed by atoms with Crippen molar-refractivity contribution in [3.05, 3.63) is 34.6 Å². The zero-order valence-electron chi connectivity index (χ0n) is 9.31. The second-order valence-electron chi connectivity index (χ2n) is 3.40. The molecule has 0 atom stereocenters. The summed E-state index contributed by atoms with van der Waals surface area (Å²) in [4.78, 5) is 5.38. The van der Waals surface area contributed by atoms with Gasteiger partial charge in [-0.15, -0.1) is 0 Å². The average Bonchev–Trinajstić information content (AvgIpc) is 2.79. The summed E-state index contributed by atoms with van der Waals surface area (Å²) in [5.41, 5.74) is 6.59. The molecule has 0 aliphatic rings. The molecule has 2 rings (SSSR count). The Morgan fingerprint density at radius 1 is 1.47 bits per heavy atom. The molecule has 2 N–H and O–H groups in total. The zero-order valence-corrected chi connectivity index (χ0v) is 11.7. The highest BCUT2D eigenvalue weighted by Gasteiger charge is 2.08. The van der Waals surface area contributed by atoms with Crippen molar-refractivity contribution in [3.63, 3.8) is 0 Å². The third-order valence-electron chi connectivity index (χ3n) is 2.19. The van der Waals surface area contributed by atoms with Crippen molar-refractivity contribution in [2.75, 3.05) is 0 Å². The molecule has 1 aromatic heterocycles. The van der Waals surface area contributed by atoms with Crippen molar-refractivity contribution in [2.24, 2.45) is 5.73 Å². The third-order valence-corrected chi connectivity index (χ3v) is 4.48. The number of hydrogen-bond donors (Lipinski definition) is 1. The highest BCUT2D eigenvalue weighted by Crippen LogP contribution is 2.34. The van der Waals surface area contributed by atoms with Crippen molar-refractivity contribution in [2.45, 2.75) is 29.1 Å². The minimum atomic E-state index is 0.503. The van der Waals surface area contributed by atoms with Crippen LogP contribution in [0.2, 0.25) is 5.02 Å². The van der Waals surface area contributed by atoms with Crippen LogP contribution < -0.4 is 5.73 Å². The normalized spacial score (nSPS) is 10.8. The number of nitrogens with zero attached hydrogens (tertiary/aromatic N) is 2. The number of benzene rings is 1. The van der Waals surface area contributed by atoms with E-state index in [9.17, 15) is 0 Å². The van der Waals surface area contributed by atoms with Crippen LogP contribution in [-0.2, 0) is 13.0 Å². The highest BCUT2D eigenvalue weighted by atomic mass is 35.5. The molecule has 90 valence electrons. The Bertz CT molecular complexity index is 513. The average molecular weight is 286 g/mol. The molecule has 0 spiro atoms. The van der Waals surface area contributed by atoms with Gasteiger partial charge in [-0.1, -0.05) is 36.4 Å². The molecule has 6 heteroatoms. The quantitative estimate of drug-likeness (QED) is 0.936. The molecule has 0 aliphatic carbocycles. The summed E-state index contributed by atoms with van der Waals surface area (Å²) in [5, 5.41) is 0.714. The van der Waals surface area contributed by atoms with Crippen LogP contribution in [0.1, 0.15) is 18.3 Å². The molecule has 2 aromatic rings. The maximum absolute atomic E-state index is 6.18. The fraction of sp³-hybridized carbons (Fsp3) is 0.273. The summed E-state index contributed by atoms with van der Waals surface area (Å²) in [6.07, 6.45) is 0.858. The first kappa shape index (κ1) is 12.8. The Morgan fingerprint density at radius 3 is 2.88 bits per heavy atom. The van der Waals surface area contributed by atoms with Crippen LogP contribution >= 0.6 is 34.9 Å². The Kier molecular flexibility index (Phi) is 4.39. The van der Waals surface area contributed by atoms with Crippen LogP contribution in [0.3, 0.4) is 0 Å². The molecule has 0 saturated heterocycles. The lowest BCUT2D eigenvalue weighted by atomic mass is 10.2. The molecule has 0 amide bonds. The molecule has 0 unspecified atom stereocenters. The van der Waals surface area contributed by atoms with Gasteiger partial charge < -0.3 is 5.73 Å². The predicted molar refractivity (Wildman–Crippen MR) is 72.8 cm³/mol. The summed E-state index contributed by atoms with van der Waals surface area (Å²) in [5.74, 6) is 0.882. The summed E-state index contributed by atoms with van der Waals surface area (Å²) >= 11 is 9.13. The highest BCUT2D eigenvalue weighted by molar-refractivity contribution is 8.01. The van der Waals surface area contributed by atoms with Gasteiger partial charge in [-0.05, 0) is 29.2 Å². The molecule has 0 fully saturated rings. The Hall–Kier alpha value is -0.620. The van der Waals surface area contributed by atoms with Crippen LogP contribution in [0.15, 0.2) is 27.4 Å². The lowest BCUT2D eigenvalue weighted by Gasteiger charge is -2.03. The number of hydrogen-bond acceptors (Lipinski definition) is 5. The number of halogens is 1. The van der Waals surface area contributed by atoms with Gasteiger partial charge in [0.05, 0.1) is 5.02 Å². The van der Waals surface area contributed by atoms with Crippen molar-refractivity contribution in [1.29, 1.82) is 0 Å². The van der Waals surface area contributed by atoms with Crippen LogP contribution in [0.25, 0.3) is 0 Å². The Morgan fingerprint density at radius 2 is 2.29 bits per heavy atom. The van der Waals surface area contributed by atoms with Crippen molar-refractivity contribution in [1.82, 2.24) is 9.36 Å². The van der Waals surface area contributed by atoms with Gasteiger partial charge in [-0.2, -0.15) is 4.37 Å². The zero-order chi connectivity index (χ0) is 12.3. The minimum absolute atomic E-state index is 0.503. The van der Waals surface area contributed by atoms with E-state index in [1.54, 1.807) is 11.8 Å². The summed E-state index contributed by atoms with van der Waals surface area (Å²) in [7, 11) is 0. The Labute approximate surface area is 114 Å². The maximum Gasteiger partial charge on any atom is 0.174 e. The standard InChI is InChI=1S/C11H12ClN3S2/c1-2-10-14-11(17-15-10)16-9-4-3-7(6-13)5-8(9)12/h3-5H,2,6,13H2,1H3. The van der Waals surface area contributed by atoms with E-state index in [2.05, 4.69) is 9.36 Å². The fourth-order valence-corrected chi connectivity index (χ4v) is 3.25. The van der Waals surface area contributed by atoms with Gasteiger partial charge in [-0.25, -0.2) is 4.98 Å². The molecule has 0 radical (unpaired) electrons. The topological polar surface area (TPSA) is 51.8 Å². The van der Waals surface area contributed by atoms with Crippen LogP contribution in [0.4, 0.5) is 0 Å². The van der Waals surface area contributed by atoms with E-state index in [0.29, 0.717) is 11.6 Å². The molecule has 0 saturated carbocycles.